The molecule has 3 rings (SSSR count). The summed E-state index contributed by atoms with van der Waals surface area (Å²) in [6, 6.07) is 16.5. The van der Waals surface area contributed by atoms with Crippen molar-refractivity contribution in [3.8, 4) is 5.75 Å². The molecule has 0 radical (unpaired) electrons. The molecule has 0 saturated carbocycles. The van der Waals surface area contributed by atoms with Crippen LogP contribution in [-0.4, -0.2) is 41.9 Å². The van der Waals surface area contributed by atoms with Crippen LogP contribution in [0.15, 0.2) is 54.6 Å². The molecule has 1 N–H and O–H groups in total. The molecule has 2 aromatic rings. The molecule has 0 unspecified atom stereocenters. The van der Waals surface area contributed by atoms with Gasteiger partial charge >= 0.3 is 5.97 Å². The average molecular weight is 410 g/mol. The Balaban J connectivity index is 1.49. The highest BCUT2D eigenvalue weighted by Gasteiger charge is 2.36. The lowest BCUT2D eigenvalue weighted by atomic mass is 10.1. The third kappa shape index (κ3) is 5.59. The van der Waals surface area contributed by atoms with Crippen molar-refractivity contribution in [3.05, 3.63) is 60.2 Å². The lowest BCUT2D eigenvalue weighted by Crippen LogP contribution is -2.33. The van der Waals surface area contributed by atoms with Gasteiger partial charge in [0.05, 0.1) is 12.5 Å². The standard InChI is InChI=1S/C23H26N2O5/c1-3-29-20-11-9-19(10-12-20)24-22(27)16(2)30-23(28)18-13-21(26)25(15-18)14-17-7-5-4-6-8-17/h4-12,16,18H,3,13-15H2,1-2H3,(H,24,27)/t16-,18-/m0/s1. The van der Waals surface area contributed by atoms with Gasteiger partial charge in [0.25, 0.3) is 5.91 Å². The van der Waals surface area contributed by atoms with E-state index in [9.17, 15) is 14.4 Å². The van der Waals surface area contributed by atoms with Crippen molar-refractivity contribution in [3.63, 3.8) is 0 Å². The summed E-state index contributed by atoms with van der Waals surface area (Å²) in [6.45, 7) is 4.72. The number of esters is 1. The predicted molar refractivity (Wildman–Crippen MR) is 112 cm³/mol. The van der Waals surface area contributed by atoms with E-state index in [1.807, 2.05) is 37.3 Å². The number of likely N-dealkylation sites (tertiary alicyclic amines) is 1. The van der Waals surface area contributed by atoms with Gasteiger partial charge < -0.3 is 19.7 Å². The summed E-state index contributed by atoms with van der Waals surface area (Å²) < 4.78 is 10.7. The van der Waals surface area contributed by atoms with Gasteiger partial charge in [0.2, 0.25) is 5.91 Å². The number of hydrogen-bond acceptors (Lipinski definition) is 5. The summed E-state index contributed by atoms with van der Waals surface area (Å²) in [7, 11) is 0. The average Bonchev–Trinajstić information content (AvgIpc) is 3.11. The molecule has 1 heterocycles. The molecule has 2 atom stereocenters. The topological polar surface area (TPSA) is 84.9 Å². The normalized spacial score (nSPS) is 16.8. The highest BCUT2D eigenvalue weighted by Crippen LogP contribution is 2.22. The molecular weight excluding hydrogens is 384 g/mol. The van der Waals surface area contributed by atoms with E-state index >= 15 is 0 Å². The van der Waals surface area contributed by atoms with Crippen molar-refractivity contribution in [2.24, 2.45) is 5.92 Å². The van der Waals surface area contributed by atoms with Crippen molar-refractivity contribution in [1.82, 2.24) is 4.90 Å². The quantitative estimate of drug-likeness (QED) is 0.677. The summed E-state index contributed by atoms with van der Waals surface area (Å²) in [5, 5.41) is 2.71. The molecule has 7 nitrogen and oxygen atoms in total. The van der Waals surface area contributed by atoms with E-state index in [-0.39, 0.29) is 12.3 Å². The second kappa shape index (κ2) is 9.91. The highest BCUT2D eigenvalue weighted by molar-refractivity contribution is 5.95. The SMILES string of the molecule is CCOc1ccc(NC(=O)[C@H](C)OC(=O)[C@H]2CC(=O)N(Cc3ccccc3)C2)cc1. The van der Waals surface area contributed by atoms with Crippen LogP contribution in [0.2, 0.25) is 0 Å². The van der Waals surface area contributed by atoms with E-state index in [0.29, 0.717) is 31.1 Å². The molecule has 7 heteroatoms. The number of benzene rings is 2. The molecular formula is C23H26N2O5. The van der Waals surface area contributed by atoms with Crippen LogP contribution in [0.25, 0.3) is 0 Å². The first-order valence-corrected chi connectivity index (χ1v) is 10.0. The van der Waals surface area contributed by atoms with Gasteiger partial charge in [-0.25, -0.2) is 0 Å². The second-order valence-electron chi connectivity index (χ2n) is 7.19. The Kier molecular flexibility index (Phi) is 7.06. The minimum atomic E-state index is -0.970. The summed E-state index contributed by atoms with van der Waals surface area (Å²) in [5.74, 6) is -0.915. The van der Waals surface area contributed by atoms with Crippen LogP contribution in [0.5, 0.6) is 5.75 Å². The number of anilines is 1. The maximum atomic E-state index is 12.5. The van der Waals surface area contributed by atoms with Crippen LogP contribution in [0.3, 0.4) is 0 Å². The summed E-state index contributed by atoms with van der Waals surface area (Å²) in [5.41, 5.74) is 1.58. The molecule has 1 saturated heterocycles. The molecule has 1 aliphatic rings. The smallest absolute Gasteiger partial charge is 0.312 e. The predicted octanol–water partition coefficient (Wildman–Crippen LogP) is 3.00. The van der Waals surface area contributed by atoms with Gasteiger partial charge in [-0.3, -0.25) is 14.4 Å². The fourth-order valence-electron chi connectivity index (χ4n) is 3.26. The molecule has 0 bridgehead atoms. The third-order valence-electron chi connectivity index (χ3n) is 4.86. The first-order chi connectivity index (χ1) is 14.5. The van der Waals surface area contributed by atoms with E-state index in [2.05, 4.69) is 5.32 Å². The van der Waals surface area contributed by atoms with E-state index in [1.165, 1.54) is 6.92 Å². The van der Waals surface area contributed by atoms with E-state index in [1.54, 1.807) is 29.2 Å². The van der Waals surface area contributed by atoms with Gasteiger partial charge in [0.1, 0.15) is 5.75 Å². The number of hydrogen-bond donors (Lipinski definition) is 1. The van der Waals surface area contributed by atoms with Crippen LogP contribution in [-0.2, 0) is 25.7 Å². The lowest BCUT2D eigenvalue weighted by Gasteiger charge is -2.18. The fraction of sp³-hybridized carbons (Fsp3) is 0.348. The number of amides is 2. The Morgan fingerprint density at radius 1 is 1.13 bits per heavy atom. The number of nitrogens with one attached hydrogen (secondary N) is 1. The Morgan fingerprint density at radius 3 is 2.50 bits per heavy atom. The summed E-state index contributed by atoms with van der Waals surface area (Å²) >= 11 is 0. The molecule has 0 spiro atoms. The Labute approximate surface area is 176 Å². The van der Waals surface area contributed by atoms with Gasteiger partial charge in [-0.2, -0.15) is 0 Å². The maximum absolute atomic E-state index is 12.5. The van der Waals surface area contributed by atoms with Crippen LogP contribution >= 0.6 is 0 Å². The van der Waals surface area contributed by atoms with Crippen molar-refractivity contribution < 1.29 is 23.9 Å². The molecule has 0 aliphatic carbocycles. The highest BCUT2D eigenvalue weighted by atomic mass is 16.5. The number of carbonyl (C=O) groups is 3. The Hall–Kier alpha value is -3.35. The fourth-order valence-corrected chi connectivity index (χ4v) is 3.26. The van der Waals surface area contributed by atoms with E-state index in [4.69, 9.17) is 9.47 Å². The number of ether oxygens (including phenoxy) is 2. The zero-order chi connectivity index (χ0) is 21.5. The molecule has 2 amide bonds. The number of rotatable bonds is 8. The van der Waals surface area contributed by atoms with Gasteiger partial charge in [-0.1, -0.05) is 30.3 Å². The first-order valence-electron chi connectivity index (χ1n) is 10.0. The zero-order valence-corrected chi connectivity index (χ0v) is 17.2. The maximum Gasteiger partial charge on any atom is 0.312 e. The lowest BCUT2D eigenvalue weighted by molar-refractivity contribution is -0.157. The van der Waals surface area contributed by atoms with Crippen LogP contribution in [0, 0.1) is 5.92 Å². The minimum absolute atomic E-state index is 0.0905. The molecule has 30 heavy (non-hydrogen) atoms. The first kappa shape index (κ1) is 21.4. The molecule has 158 valence electrons. The van der Waals surface area contributed by atoms with E-state index in [0.717, 1.165) is 5.56 Å². The molecule has 1 fully saturated rings. The molecule has 1 aliphatic heterocycles. The van der Waals surface area contributed by atoms with E-state index < -0.39 is 23.9 Å². The van der Waals surface area contributed by atoms with Crippen LogP contribution < -0.4 is 10.1 Å². The van der Waals surface area contributed by atoms with Gasteiger partial charge in [-0.05, 0) is 43.7 Å². The molecule has 0 aromatic heterocycles. The Bertz CT molecular complexity index is 882. The summed E-state index contributed by atoms with van der Waals surface area (Å²) in [6.07, 6.45) is -0.874. The minimum Gasteiger partial charge on any atom is -0.494 e. The summed E-state index contributed by atoms with van der Waals surface area (Å²) in [4.78, 5) is 38.7. The zero-order valence-electron chi connectivity index (χ0n) is 17.2. The Morgan fingerprint density at radius 2 is 1.83 bits per heavy atom. The van der Waals surface area contributed by atoms with Crippen molar-refractivity contribution in [2.45, 2.75) is 32.9 Å². The van der Waals surface area contributed by atoms with Gasteiger partial charge in [-0.15, -0.1) is 0 Å². The van der Waals surface area contributed by atoms with Gasteiger partial charge in [0, 0.05) is 25.2 Å². The number of nitrogens with zero attached hydrogens (tertiary/aromatic N) is 1. The monoisotopic (exact) mass is 410 g/mol. The van der Waals surface area contributed by atoms with Crippen LogP contribution in [0.1, 0.15) is 25.8 Å². The number of carbonyl (C=O) groups excluding carboxylic acids is 3. The van der Waals surface area contributed by atoms with Crippen LogP contribution in [0.4, 0.5) is 5.69 Å². The van der Waals surface area contributed by atoms with Crippen molar-refractivity contribution in [2.75, 3.05) is 18.5 Å². The second-order valence-corrected chi connectivity index (χ2v) is 7.19. The van der Waals surface area contributed by atoms with Gasteiger partial charge in [0.15, 0.2) is 6.10 Å². The molecule has 2 aromatic carbocycles. The van der Waals surface area contributed by atoms with Crippen molar-refractivity contribution in [1.29, 1.82) is 0 Å². The largest absolute Gasteiger partial charge is 0.494 e. The van der Waals surface area contributed by atoms with Crippen molar-refractivity contribution >= 4 is 23.5 Å². The third-order valence-corrected chi connectivity index (χ3v) is 4.86.